The Kier molecular flexibility index (Phi) is 4.58. The van der Waals surface area contributed by atoms with Gasteiger partial charge in [0.15, 0.2) is 0 Å². The van der Waals surface area contributed by atoms with Gasteiger partial charge in [0, 0.05) is 22.7 Å². The number of nitrogens with one attached hydrogen (secondary N) is 2. The van der Waals surface area contributed by atoms with Crippen molar-refractivity contribution in [2.45, 2.75) is 30.4 Å². The number of anilines is 2. The van der Waals surface area contributed by atoms with Gasteiger partial charge in [0.1, 0.15) is 0 Å². The lowest BCUT2D eigenvalue weighted by molar-refractivity contribution is 0.251. The molecule has 0 atom stereocenters. The Labute approximate surface area is 118 Å². The Bertz CT molecular complexity index is 444. The minimum Gasteiger partial charge on any atom is -0.399 e. The number of hydrogen-bond acceptors (Lipinski definition) is 3. The average molecular weight is 279 g/mol. The predicted molar refractivity (Wildman–Crippen MR) is 82.6 cm³/mol. The molecule has 2 rings (SSSR count). The second-order valence-electron chi connectivity index (χ2n) is 5.03. The van der Waals surface area contributed by atoms with Gasteiger partial charge < -0.3 is 16.4 Å². The molecular weight excluding hydrogens is 258 g/mol. The summed E-state index contributed by atoms with van der Waals surface area (Å²) in [6, 6.07) is 7.04. The Morgan fingerprint density at radius 1 is 1.42 bits per heavy atom. The zero-order chi connectivity index (χ0) is 13.7. The quantitative estimate of drug-likeness (QED) is 0.742. The van der Waals surface area contributed by atoms with Crippen molar-refractivity contribution in [3.8, 4) is 0 Å². The number of nitrogen functional groups attached to an aromatic ring is 1. The zero-order valence-electron chi connectivity index (χ0n) is 11.2. The molecule has 0 bridgehead atoms. The molecule has 0 aromatic heterocycles. The molecule has 0 spiro atoms. The maximum Gasteiger partial charge on any atom is 0.319 e. The van der Waals surface area contributed by atoms with Crippen LogP contribution in [0.15, 0.2) is 24.3 Å². The fourth-order valence-electron chi connectivity index (χ4n) is 2.51. The number of carbonyl (C=O) groups excluding carboxylic acids is 1. The average Bonchev–Trinajstić information content (AvgIpc) is 2.86. The van der Waals surface area contributed by atoms with Crippen molar-refractivity contribution in [2.24, 2.45) is 0 Å². The van der Waals surface area contributed by atoms with Crippen LogP contribution in [0.5, 0.6) is 0 Å². The molecule has 0 unspecified atom stereocenters. The first-order valence-corrected chi connectivity index (χ1v) is 7.82. The van der Waals surface area contributed by atoms with E-state index in [2.05, 4.69) is 16.9 Å². The molecule has 0 heterocycles. The van der Waals surface area contributed by atoms with Crippen LogP contribution in [0.2, 0.25) is 0 Å². The van der Waals surface area contributed by atoms with Crippen molar-refractivity contribution in [3.05, 3.63) is 24.3 Å². The van der Waals surface area contributed by atoms with E-state index in [1.54, 1.807) is 12.1 Å². The number of benzene rings is 1. The summed E-state index contributed by atoms with van der Waals surface area (Å²) < 4.78 is 0.229. The van der Waals surface area contributed by atoms with Crippen LogP contribution in [-0.4, -0.2) is 23.6 Å². The summed E-state index contributed by atoms with van der Waals surface area (Å²) in [5, 5.41) is 5.78. The zero-order valence-corrected chi connectivity index (χ0v) is 12.1. The molecule has 19 heavy (non-hydrogen) atoms. The fraction of sp³-hybridized carbons (Fsp3) is 0.500. The second kappa shape index (κ2) is 6.19. The molecule has 4 nitrogen and oxygen atoms in total. The number of carbonyl (C=O) groups is 1. The molecule has 1 aromatic rings. The Balaban J connectivity index is 1.84. The minimum absolute atomic E-state index is 0.161. The van der Waals surface area contributed by atoms with E-state index in [1.807, 2.05) is 23.9 Å². The highest BCUT2D eigenvalue weighted by Gasteiger charge is 2.33. The topological polar surface area (TPSA) is 67.2 Å². The van der Waals surface area contributed by atoms with Gasteiger partial charge in [-0.15, -0.1) is 0 Å². The summed E-state index contributed by atoms with van der Waals surface area (Å²) in [5.41, 5.74) is 7.05. The molecule has 1 aliphatic rings. The van der Waals surface area contributed by atoms with Gasteiger partial charge in [0.05, 0.1) is 0 Å². The first kappa shape index (κ1) is 14.1. The van der Waals surface area contributed by atoms with Gasteiger partial charge in [-0.3, -0.25) is 0 Å². The van der Waals surface area contributed by atoms with Crippen molar-refractivity contribution in [1.82, 2.24) is 5.32 Å². The third-order valence-corrected chi connectivity index (χ3v) is 5.08. The van der Waals surface area contributed by atoms with E-state index in [0.717, 1.165) is 12.2 Å². The Morgan fingerprint density at radius 3 is 2.79 bits per heavy atom. The van der Waals surface area contributed by atoms with Crippen molar-refractivity contribution in [1.29, 1.82) is 0 Å². The molecule has 1 saturated carbocycles. The van der Waals surface area contributed by atoms with Crippen molar-refractivity contribution >= 4 is 29.2 Å². The molecule has 5 heteroatoms. The highest BCUT2D eigenvalue weighted by Crippen LogP contribution is 2.39. The first-order valence-electron chi connectivity index (χ1n) is 6.59. The molecule has 0 saturated heterocycles. The van der Waals surface area contributed by atoms with Crippen molar-refractivity contribution in [2.75, 3.05) is 23.9 Å². The monoisotopic (exact) mass is 279 g/mol. The molecule has 1 aliphatic carbocycles. The van der Waals surface area contributed by atoms with Crippen LogP contribution in [0.1, 0.15) is 25.7 Å². The lowest BCUT2D eigenvalue weighted by atomic mass is 10.1. The minimum atomic E-state index is -0.161. The summed E-state index contributed by atoms with van der Waals surface area (Å²) >= 11 is 1.87. The fourth-order valence-corrected chi connectivity index (χ4v) is 3.42. The van der Waals surface area contributed by atoms with E-state index in [9.17, 15) is 4.79 Å². The van der Waals surface area contributed by atoms with Crippen LogP contribution >= 0.6 is 11.8 Å². The molecular formula is C14H21N3OS. The van der Waals surface area contributed by atoms with Gasteiger partial charge in [-0.05, 0) is 37.3 Å². The largest absolute Gasteiger partial charge is 0.399 e. The third kappa shape index (κ3) is 3.80. The standard InChI is InChI=1S/C14H21N3OS/c1-19-14(7-2-3-8-14)10-16-13(18)17-12-6-4-5-11(15)9-12/h4-6,9H,2-3,7-8,10,15H2,1H3,(H2,16,17,18). The number of rotatable bonds is 4. The van der Waals surface area contributed by atoms with Gasteiger partial charge in [-0.1, -0.05) is 18.9 Å². The highest BCUT2D eigenvalue weighted by molar-refractivity contribution is 8.00. The summed E-state index contributed by atoms with van der Waals surface area (Å²) in [6.07, 6.45) is 7.03. The number of thioether (sulfide) groups is 1. The van der Waals surface area contributed by atoms with E-state index in [1.165, 1.54) is 25.7 Å². The maximum atomic E-state index is 11.9. The van der Waals surface area contributed by atoms with Gasteiger partial charge in [0.2, 0.25) is 0 Å². The normalized spacial score (nSPS) is 17.1. The van der Waals surface area contributed by atoms with E-state index >= 15 is 0 Å². The van der Waals surface area contributed by atoms with Crippen LogP contribution < -0.4 is 16.4 Å². The van der Waals surface area contributed by atoms with Gasteiger partial charge in [0.25, 0.3) is 0 Å². The smallest absolute Gasteiger partial charge is 0.319 e. The molecule has 4 N–H and O–H groups in total. The number of nitrogens with two attached hydrogens (primary N) is 1. The van der Waals surface area contributed by atoms with Gasteiger partial charge in [-0.25, -0.2) is 4.79 Å². The summed E-state index contributed by atoms with van der Waals surface area (Å²) in [5.74, 6) is 0. The van der Waals surface area contributed by atoms with E-state index < -0.39 is 0 Å². The number of hydrogen-bond donors (Lipinski definition) is 3. The van der Waals surface area contributed by atoms with Crippen molar-refractivity contribution in [3.63, 3.8) is 0 Å². The first-order chi connectivity index (χ1) is 9.13. The highest BCUT2D eigenvalue weighted by atomic mass is 32.2. The molecule has 0 radical (unpaired) electrons. The van der Waals surface area contributed by atoms with E-state index in [-0.39, 0.29) is 10.8 Å². The Morgan fingerprint density at radius 2 is 2.16 bits per heavy atom. The molecule has 1 aromatic carbocycles. The van der Waals surface area contributed by atoms with Gasteiger partial charge >= 0.3 is 6.03 Å². The van der Waals surface area contributed by atoms with Gasteiger partial charge in [-0.2, -0.15) is 11.8 Å². The van der Waals surface area contributed by atoms with Crippen LogP contribution in [0.4, 0.5) is 16.2 Å². The number of amides is 2. The van der Waals surface area contributed by atoms with Crippen LogP contribution in [0, 0.1) is 0 Å². The molecule has 1 fully saturated rings. The van der Waals surface area contributed by atoms with E-state index in [4.69, 9.17) is 5.73 Å². The van der Waals surface area contributed by atoms with E-state index in [0.29, 0.717) is 5.69 Å². The summed E-state index contributed by atoms with van der Waals surface area (Å²) in [7, 11) is 0. The summed E-state index contributed by atoms with van der Waals surface area (Å²) in [4.78, 5) is 11.9. The predicted octanol–water partition coefficient (Wildman–Crippen LogP) is 3.07. The van der Waals surface area contributed by atoms with Crippen LogP contribution in [0.3, 0.4) is 0 Å². The second-order valence-corrected chi connectivity index (χ2v) is 6.30. The Hall–Kier alpha value is -1.36. The molecule has 0 aliphatic heterocycles. The lowest BCUT2D eigenvalue weighted by Gasteiger charge is -2.26. The third-order valence-electron chi connectivity index (χ3n) is 3.66. The molecule has 2 amide bonds. The maximum absolute atomic E-state index is 11.9. The number of urea groups is 1. The van der Waals surface area contributed by atoms with Crippen LogP contribution in [0.25, 0.3) is 0 Å². The summed E-state index contributed by atoms with van der Waals surface area (Å²) in [6.45, 7) is 0.725. The lowest BCUT2D eigenvalue weighted by Crippen LogP contribution is -2.40. The molecule has 104 valence electrons. The SMILES string of the molecule is CSC1(CNC(=O)Nc2cccc(N)c2)CCCC1. The van der Waals surface area contributed by atoms with Crippen LogP contribution in [-0.2, 0) is 0 Å². The van der Waals surface area contributed by atoms with Crippen molar-refractivity contribution < 1.29 is 4.79 Å².